The number of aromatic nitrogens is 1. The fraction of sp³-hybridized carbons (Fsp3) is 0.381. The molecule has 0 aliphatic heterocycles. The molecular weight excluding hydrogens is 363 g/mol. The van der Waals surface area contributed by atoms with Crippen LogP contribution in [-0.4, -0.2) is 47.2 Å². The van der Waals surface area contributed by atoms with Crippen LogP contribution in [0.4, 0.5) is 4.39 Å². The molecule has 0 bridgehead atoms. The van der Waals surface area contributed by atoms with Crippen LogP contribution in [0.15, 0.2) is 24.3 Å². The number of nitrogens with one attached hydrogen (secondary N) is 1. The van der Waals surface area contributed by atoms with Gasteiger partial charge in [-0.3, -0.25) is 9.59 Å². The molecule has 150 valence electrons. The molecule has 0 saturated heterocycles. The number of benzene rings is 1. The summed E-state index contributed by atoms with van der Waals surface area (Å²) in [5.41, 5.74) is 2.01. The number of halogens is 1. The van der Waals surface area contributed by atoms with Gasteiger partial charge in [-0.15, -0.1) is 0 Å². The van der Waals surface area contributed by atoms with Crippen molar-refractivity contribution in [2.24, 2.45) is 0 Å². The lowest BCUT2D eigenvalue weighted by molar-refractivity contribution is 0.0519. The highest BCUT2D eigenvalue weighted by atomic mass is 19.1. The molecule has 7 heteroatoms. The third-order valence-electron chi connectivity index (χ3n) is 4.40. The van der Waals surface area contributed by atoms with Crippen molar-refractivity contribution in [2.45, 2.75) is 34.1 Å². The van der Waals surface area contributed by atoms with Crippen LogP contribution in [0.2, 0.25) is 0 Å². The molecule has 1 heterocycles. The number of carbonyl (C=O) groups is 3. The Morgan fingerprint density at radius 1 is 1.11 bits per heavy atom. The van der Waals surface area contributed by atoms with E-state index in [1.165, 1.54) is 29.2 Å². The van der Waals surface area contributed by atoms with Gasteiger partial charge in [-0.1, -0.05) is 6.92 Å². The first-order chi connectivity index (χ1) is 13.3. The van der Waals surface area contributed by atoms with Crippen LogP contribution in [0, 0.1) is 19.7 Å². The molecule has 0 aliphatic carbocycles. The lowest BCUT2D eigenvalue weighted by atomic mass is 10.0. The Balaban J connectivity index is 2.26. The topological polar surface area (TPSA) is 79.5 Å². The van der Waals surface area contributed by atoms with E-state index in [4.69, 9.17) is 4.74 Å². The zero-order valence-electron chi connectivity index (χ0n) is 16.6. The lowest BCUT2D eigenvalue weighted by Crippen LogP contribution is -2.36. The molecule has 1 aromatic heterocycles. The molecule has 0 saturated carbocycles. The van der Waals surface area contributed by atoms with Crippen LogP contribution in [0.5, 0.6) is 0 Å². The van der Waals surface area contributed by atoms with Gasteiger partial charge in [0.25, 0.3) is 5.91 Å². The number of rotatable bonds is 8. The van der Waals surface area contributed by atoms with E-state index in [2.05, 4.69) is 4.98 Å². The molecule has 0 unspecified atom stereocenters. The van der Waals surface area contributed by atoms with Crippen molar-refractivity contribution in [3.05, 3.63) is 58.2 Å². The Hall–Kier alpha value is -2.96. The minimum absolute atomic E-state index is 0.133. The molecule has 0 fully saturated rings. The van der Waals surface area contributed by atoms with Gasteiger partial charge in [0, 0.05) is 23.4 Å². The van der Waals surface area contributed by atoms with Crippen LogP contribution in [-0.2, 0) is 4.74 Å². The molecular formula is C21H25FN2O4. The highest BCUT2D eigenvalue weighted by Crippen LogP contribution is 2.20. The molecule has 0 radical (unpaired) electrons. The largest absolute Gasteiger partial charge is 0.461 e. The van der Waals surface area contributed by atoms with Gasteiger partial charge >= 0.3 is 5.97 Å². The van der Waals surface area contributed by atoms with E-state index < -0.39 is 11.8 Å². The summed E-state index contributed by atoms with van der Waals surface area (Å²) in [6.07, 6.45) is 0.666. The zero-order chi connectivity index (χ0) is 20.8. The summed E-state index contributed by atoms with van der Waals surface area (Å²) in [7, 11) is 0. The number of ketones is 1. The second-order valence-corrected chi connectivity index (χ2v) is 6.50. The monoisotopic (exact) mass is 388 g/mol. The van der Waals surface area contributed by atoms with Crippen molar-refractivity contribution >= 4 is 17.7 Å². The molecule has 1 amide bonds. The van der Waals surface area contributed by atoms with Gasteiger partial charge in [-0.05, 0) is 57.0 Å². The fourth-order valence-electron chi connectivity index (χ4n) is 3.13. The molecule has 1 aromatic carbocycles. The van der Waals surface area contributed by atoms with E-state index in [-0.39, 0.29) is 30.5 Å². The van der Waals surface area contributed by atoms with E-state index in [1.54, 1.807) is 20.8 Å². The maximum atomic E-state index is 13.1. The van der Waals surface area contributed by atoms with Crippen molar-refractivity contribution in [3.63, 3.8) is 0 Å². The molecule has 6 nitrogen and oxygen atoms in total. The number of ether oxygens (including phenoxy) is 1. The number of hydrogen-bond acceptors (Lipinski definition) is 4. The van der Waals surface area contributed by atoms with Crippen LogP contribution in [0.25, 0.3) is 0 Å². The first-order valence-corrected chi connectivity index (χ1v) is 9.24. The minimum Gasteiger partial charge on any atom is -0.461 e. The summed E-state index contributed by atoms with van der Waals surface area (Å²) < 4.78 is 18.1. The Labute approximate surface area is 163 Å². The van der Waals surface area contributed by atoms with Gasteiger partial charge < -0.3 is 14.6 Å². The number of hydrogen-bond donors (Lipinski definition) is 1. The number of carbonyl (C=O) groups excluding carboxylic acids is 3. The van der Waals surface area contributed by atoms with Gasteiger partial charge in [0.15, 0.2) is 5.78 Å². The van der Waals surface area contributed by atoms with Gasteiger partial charge in [0.2, 0.25) is 0 Å². The summed E-state index contributed by atoms with van der Waals surface area (Å²) in [6, 6.07) is 5.23. The predicted octanol–water partition coefficient (Wildman–Crippen LogP) is 3.68. The van der Waals surface area contributed by atoms with Crippen molar-refractivity contribution in [1.82, 2.24) is 9.88 Å². The van der Waals surface area contributed by atoms with Crippen molar-refractivity contribution in [1.29, 1.82) is 0 Å². The normalized spacial score (nSPS) is 10.6. The minimum atomic E-state index is -0.519. The molecule has 0 atom stereocenters. The lowest BCUT2D eigenvalue weighted by Gasteiger charge is -2.21. The smallest absolute Gasteiger partial charge is 0.355 e. The second-order valence-electron chi connectivity index (χ2n) is 6.50. The first-order valence-electron chi connectivity index (χ1n) is 9.24. The average molecular weight is 388 g/mol. The van der Waals surface area contributed by atoms with E-state index in [0.717, 1.165) is 0 Å². The number of H-pyrrole nitrogens is 1. The average Bonchev–Trinajstić information content (AvgIpc) is 2.96. The number of aromatic amines is 1. The highest BCUT2D eigenvalue weighted by Gasteiger charge is 2.25. The summed E-state index contributed by atoms with van der Waals surface area (Å²) in [4.78, 5) is 42.1. The molecule has 0 aliphatic rings. The van der Waals surface area contributed by atoms with Crippen LogP contribution in [0.3, 0.4) is 0 Å². The number of aryl methyl sites for hydroxylation is 1. The van der Waals surface area contributed by atoms with Crippen molar-refractivity contribution in [3.8, 4) is 0 Å². The van der Waals surface area contributed by atoms with Crippen LogP contribution < -0.4 is 0 Å². The van der Waals surface area contributed by atoms with Gasteiger partial charge in [-0.25, -0.2) is 9.18 Å². The Morgan fingerprint density at radius 2 is 1.75 bits per heavy atom. The maximum absolute atomic E-state index is 13.1. The number of Topliss-reactive ketones (excluding diaryl/α,β-unsaturated/α-hetero) is 1. The molecule has 2 aromatic rings. The Bertz CT molecular complexity index is 871. The fourth-order valence-corrected chi connectivity index (χ4v) is 3.13. The Kier molecular flexibility index (Phi) is 7.09. The molecule has 0 spiro atoms. The number of amides is 1. The Morgan fingerprint density at radius 3 is 2.32 bits per heavy atom. The standard InChI is InChI=1S/C21H25FN2O4/c1-5-11-24(20(26)15-7-9-16(22)10-8-15)12-17(25)18-13(3)19(23-14(18)4)21(27)28-6-2/h7-10,23H,5-6,11-12H2,1-4H3. The molecule has 28 heavy (non-hydrogen) atoms. The summed E-state index contributed by atoms with van der Waals surface area (Å²) in [5.74, 6) is -1.56. The van der Waals surface area contributed by atoms with Gasteiger partial charge in [0.1, 0.15) is 11.5 Å². The van der Waals surface area contributed by atoms with E-state index >= 15 is 0 Å². The highest BCUT2D eigenvalue weighted by molar-refractivity contribution is 6.05. The van der Waals surface area contributed by atoms with Crippen LogP contribution >= 0.6 is 0 Å². The van der Waals surface area contributed by atoms with E-state index in [0.29, 0.717) is 35.3 Å². The van der Waals surface area contributed by atoms with Gasteiger partial charge in [-0.2, -0.15) is 0 Å². The van der Waals surface area contributed by atoms with Crippen LogP contribution in [0.1, 0.15) is 62.7 Å². The summed E-state index contributed by atoms with van der Waals surface area (Å²) in [5, 5.41) is 0. The maximum Gasteiger partial charge on any atom is 0.355 e. The van der Waals surface area contributed by atoms with Crippen molar-refractivity contribution in [2.75, 3.05) is 19.7 Å². The third-order valence-corrected chi connectivity index (χ3v) is 4.40. The second kappa shape index (κ2) is 9.30. The molecule has 2 rings (SSSR count). The molecule has 1 N–H and O–H groups in total. The van der Waals surface area contributed by atoms with Gasteiger partial charge in [0.05, 0.1) is 13.2 Å². The van der Waals surface area contributed by atoms with Crippen molar-refractivity contribution < 1.29 is 23.5 Å². The zero-order valence-corrected chi connectivity index (χ0v) is 16.6. The third kappa shape index (κ3) is 4.65. The quantitative estimate of drug-likeness (QED) is 0.553. The summed E-state index contributed by atoms with van der Waals surface area (Å²) in [6.45, 7) is 7.47. The first kappa shape index (κ1) is 21.3. The predicted molar refractivity (Wildman–Crippen MR) is 103 cm³/mol. The summed E-state index contributed by atoms with van der Waals surface area (Å²) >= 11 is 0. The number of nitrogens with zero attached hydrogens (tertiary/aromatic N) is 1. The van der Waals surface area contributed by atoms with E-state index in [1.807, 2.05) is 6.92 Å². The number of esters is 1. The van der Waals surface area contributed by atoms with E-state index in [9.17, 15) is 18.8 Å². The SMILES string of the molecule is CCCN(CC(=O)c1c(C)[nH]c(C(=O)OCC)c1C)C(=O)c1ccc(F)cc1.